The van der Waals surface area contributed by atoms with Gasteiger partial charge in [-0.1, -0.05) is 17.7 Å². The van der Waals surface area contributed by atoms with E-state index in [2.05, 4.69) is 0 Å². The number of rotatable bonds is 1. The van der Waals surface area contributed by atoms with Crippen LogP contribution in [0, 0.1) is 11.8 Å². The minimum atomic E-state index is -0.237. The van der Waals surface area contributed by atoms with Crippen molar-refractivity contribution in [1.82, 2.24) is 0 Å². The Labute approximate surface area is 111 Å². The average molecular weight is 257 g/mol. The zero-order chi connectivity index (χ0) is 13.6. The molecule has 3 rings (SSSR count). The fraction of sp³-hybridized carbons (Fsp3) is 0.333. The number of carbonyl (C=O) groups excluding carboxylic acids is 2. The van der Waals surface area contributed by atoms with E-state index in [4.69, 9.17) is 0 Å². The molecule has 1 fully saturated rings. The maximum atomic E-state index is 12.4. The maximum Gasteiger partial charge on any atom is 0.238 e. The van der Waals surface area contributed by atoms with Gasteiger partial charge >= 0.3 is 0 Å². The van der Waals surface area contributed by atoms with E-state index in [-0.39, 0.29) is 29.4 Å². The van der Waals surface area contributed by atoms with E-state index in [1.54, 1.807) is 12.1 Å². The highest BCUT2D eigenvalue weighted by Crippen LogP contribution is 2.40. The van der Waals surface area contributed by atoms with E-state index in [0.717, 1.165) is 0 Å². The average Bonchev–Trinajstić information content (AvgIpc) is 2.61. The summed E-state index contributed by atoms with van der Waals surface area (Å²) < 4.78 is 0. The molecule has 0 aromatic heterocycles. The lowest BCUT2D eigenvalue weighted by Crippen LogP contribution is -2.30. The summed E-state index contributed by atoms with van der Waals surface area (Å²) in [5, 5.41) is 9.49. The van der Waals surface area contributed by atoms with E-state index in [1.807, 2.05) is 13.0 Å². The molecule has 2 atom stereocenters. The highest BCUT2D eigenvalue weighted by atomic mass is 16.3. The highest BCUT2D eigenvalue weighted by molar-refractivity contribution is 6.22. The fourth-order valence-corrected chi connectivity index (χ4v) is 2.92. The molecule has 2 amide bonds. The number of benzene rings is 1. The van der Waals surface area contributed by atoms with Gasteiger partial charge in [0.15, 0.2) is 0 Å². The lowest BCUT2D eigenvalue weighted by atomic mass is 9.82. The van der Waals surface area contributed by atoms with Gasteiger partial charge in [0.2, 0.25) is 11.8 Å². The van der Waals surface area contributed by atoms with Crippen LogP contribution in [0.15, 0.2) is 35.9 Å². The van der Waals surface area contributed by atoms with Crippen molar-refractivity contribution in [3.8, 4) is 5.75 Å². The number of hydrogen-bond donors (Lipinski definition) is 1. The quantitative estimate of drug-likeness (QED) is 0.620. The first-order valence-corrected chi connectivity index (χ1v) is 6.40. The van der Waals surface area contributed by atoms with Crippen LogP contribution in [0.25, 0.3) is 0 Å². The first kappa shape index (κ1) is 12.0. The molecule has 1 aromatic carbocycles. The molecule has 0 radical (unpaired) electrons. The van der Waals surface area contributed by atoms with E-state index in [0.29, 0.717) is 18.5 Å². The summed E-state index contributed by atoms with van der Waals surface area (Å²) in [5.74, 6) is -0.710. The molecule has 2 aliphatic rings. The number of phenolic OH excluding ortho intramolecular Hbond substituents is 1. The van der Waals surface area contributed by atoms with Crippen molar-refractivity contribution < 1.29 is 14.7 Å². The molecule has 0 bridgehead atoms. The number of fused-ring (bicyclic) bond motifs is 1. The Morgan fingerprint density at radius 1 is 1.21 bits per heavy atom. The Bertz CT molecular complexity index is 591. The van der Waals surface area contributed by atoms with Crippen molar-refractivity contribution in [3.63, 3.8) is 0 Å². The molecule has 0 unspecified atom stereocenters. The number of nitrogens with zero attached hydrogens (tertiary/aromatic N) is 1. The van der Waals surface area contributed by atoms with Gasteiger partial charge in [-0.3, -0.25) is 9.59 Å². The van der Waals surface area contributed by atoms with Crippen LogP contribution >= 0.6 is 0 Å². The number of carbonyl (C=O) groups is 2. The van der Waals surface area contributed by atoms with Crippen LogP contribution in [0.4, 0.5) is 5.69 Å². The van der Waals surface area contributed by atoms with E-state index in [1.165, 1.54) is 22.6 Å². The normalized spacial score (nSPS) is 26.4. The van der Waals surface area contributed by atoms with Crippen LogP contribution in [0.1, 0.15) is 19.8 Å². The second-order valence-corrected chi connectivity index (χ2v) is 5.24. The predicted molar refractivity (Wildman–Crippen MR) is 70.6 cm³/mol. The summed E-state index contributed by atoms with van der Waals surface area (Å²) in [6.07, 6.45) is 3.33. The first-order chi connectivity index (χ1) is 9.08. The van der Waals surface area contributed by atoms with Crippen molar-refractivity contribution in [3.05, 3.63) is 35.9 Å². The number of allylic oxidation sites excluding steroid dienone is 2. The van der Waals surface area contributed by atoms with Crippen molar-refractivity contribution in [2.75, 3.05) is 4.90 Å². The van der Waals surface area contributed by atoms with Gasteiger partial charge in [0.1, 0.15) is 5.75 Å². The zero-order valence-electron chi connectivity index (χ0n) is 10.7. The molecule has 1 saturated heterocycles. The summed E-state index contributed by atoms with van der Waals surface area (Å²) in [4.78, 5) is 26.0. The van der Waals surface area contributed by atoms with Crippen molar-refractivity contribution in [1.29, 1.82) is 0 Å². The Morgan fingerprint density at radius 3 is 2.68 bits per heavy atom. The van der Waals surface area contributed by atoms with E-state index in [9.17, 15) is 14.7 Å². The van der Waals surface area contributed by atoms with Crippen LogP contribution in [0.3, 0.4) is 0 Å². The van der Waals surface area contributed by atoms with Crippen LogP contribution in [0.5, 0.6) is 5.75 Å². The molecule has 4 nitrogen and oxygen atoms in total. The number of phenols is 1. The van der Waals surface area contributed by atoms with Crippen LogP contribution in [-0.4, -0.2) is 16.9 Å². The molecule has 1 aliphatic heterocycles. The number of imide groups is 1. The molecule has 4 heteroatoms. The van der Waals surface area contributed by atoms with Crippen LogP contribution in [0.2, 0.25) is 0 Å². The SMILES string of the molecule is CC1=CC[C@@H]2C(=O)N(c3cccc(O)c3)C(=O)[C@H]2C1. The summed E-state index contributed by atoms with van der Waals surface area (Å²) in [5.41, 5.74) is 1.63. The number of hydrogen-bond acceptors (Lipinski definition) is 3. The molecule has 1 aliphatic carbocycles. The van der Waals surface area contributed by atoms with E-state index < -0.39 is 0 Å². The molecule has 1 aromatic rings. The van der Waals surface area contributed by atoms with Gasteiger partial charge in [-0.2, -0.15) is 0 Å². The molecule has 98 valence electrons. The van der Waals surface area contributed by atoms with Gasteiger partial charge in [-0.05, 0) is 31.9 Å². The lowest BCUT2D eigenvalue weighted by molar-refractivity contribution is -0.122. The lowest BCUT2D eigenvalue weighted by Gasteiger charge is -2.18. The monoisotopic (exact) mass is 257 g/mol. The fourth-order valence-electron chi connectivity index (χ4n) is 2.92. The Balaban J connectivity index is 1.97. The van der Waals surface area contributed by atoms with Gasteiger partial charge in [-0.25, -0.2) is 4.90 Å². The molecule has 0 saturated carbocycles. The minimum Gasteiger partial charge on any atom is -0.508 e. The molecule has 0 spiro atoms. The Morgan fingerprint density at radius 2 is 1.95 bits per heavy atom. The second kappa shape index (κ2) is 4.23. The summed E-state index contributed by atoms with van der Waals surface area (Å²) in [7, 11) is 0. The van der Waals surface area contributed by atoms with Gasteiger partial charge < -0.3 is 5.11 Å². The zero-order valence-corrected chi connectivity index (χ0v) is 10.7. The van der Waals surface area contributed by atoms with Crippen LogP contribution in [-0.2, 0) is 9.59 Å². The topological polar surface area (TPSA) is 57.6 Å². The standard InChI is InChI=1S/C15H15NO3/c1-9-5-6-12-13(7-9)15(19)16(14(12)18)10-3-2-4-11(17)8-10/h2-5,8,12-13,17H,6-7H2,1H3/t12-,13-/m0/s1. The second-order valence-electron chi connectivity index (χ2n) is 5.24. The highest BCUT2D eigenvalue weighted by Gasteiger charge is 2.48. The number of aromatic hydroxyl groups is 1. The summed E-state index contributed by atoms with van der Waals surface area (Å²) in [6, 6.07) is 6.28. The number of amides is 2. The predicted octanol–water partition coefficient (Wildman–Crippen LogP) is 2.24. The van der Waals surface area contributed by atoms with Crippen molar-refractivity contribution in [2.24, 2.45) is 11.8 Å². The third-order valence-corrected chi connectivity index (χ3v) is 3.91. The van der Waals surface area contributed by atoms with Crippen molar-refractivity contribution >= 4 is 17.5 Å². The van der Waals surface area contributed by atoms with Gasteiger partial charge in [-0.15, -0.1) is 0 Å². The molecule has 19 heavy (non-hydrogen) atoms. The Kier molecular flexibility index (Phi) is 2.66. The maximum absolute atomic E-state index is 12.4. The molecule has 1 heterocycles. The Hall–Kier alpha value is -2.10. The van der Waals surface area contributed by atoms with Crippen molar-refractivity contribution in [2.45, 2.75) is 19.8 Å². The van der Waals surface area contributed by atoms with Gasteiger partial charge in [0.25, 0.3) is 0 Å². The van der Waals surface area contributed by atoms with E-state index >= 15 is 0 Å². The first-order valence-electron chi connectivity index (χ1n) is 6.40. The third kappa shape index (κ3) is 1.84. The summed E-state index contributed by atoms with van der Waals surface area (Å²) >= 11 is 0. The van der Waals surface area contributed by atoms with Crippen LogP contribution < -0.4 is 4.90 Å². The van der Waals surface area contributed by atoms with Gasteiger partial charge in [0, 0.05) is 6.07 Å². The molecular formula is C15H15NO3. The summed E-state index contributed by atoms with van der Waals surface area (Å²) in [6.45, 7) is 1.99. The number of anilines is 1. The molecule has 1 N–H and O–H groups in total. The third-order valence-electron chi connectivity index (χ3n) is 3.91. The van der Waals surface area contributed by atoms with Gasteiger partial charge in [0.05, 0.1) is 17.5 Å². The molecular weight excluding hydrogens is 242 g/mol. The smallest absolute Gasteiger partial charge is 0.238 e. The largest absolute Gasteiger partial charge is 0.508 e. The minimum absolute atomic E-state index is 0.0577.